The lowest BCUT2D eigenvalue weighted by molar-refractivity contribution is -0.147. The summed E-state index contributed by atoms with van der Waals surface area (Å²) in [6.07, 6.45) is 3.69. The fraction of sp³-hybridized carbons (Fsp3) is 0.742. The Kier molecular flexibility index (Phi) is 13.1. The average molecular weight is 665 g/mol. The zero-order valence-electron chi connectivity index (χ0n) is 26.3. The van der Waals surface area contributed by atoms with E-state index in [1.807, 2.05) is 6.92 Å². The molecule has 1 amide bonds. The normalized spacial score (nSPS) is 19.5. The summed E-state index contributed by atoms with van der Waals surface area (Å²) in [5.41, 5.74) is -0.707. The third-order valence-electron chi connectivity index (χ3n) is 7.77. The molecule has 250 valence electrons. The number of hydrogen-bond acceptors (Lipinski definition) is 7. The van der Waals surface area contributed by atoms with Gasteiger partial charge in [-0.2, -0.15) is 4.31 Å². The Morgan fingerprint density at radius 2 is 1.77 bits per heavy atom. The van der Waals surface area contributed by atoms with Crippen molar-refractivity contribution < 1.29 is 41.0 Å². The van der Waals surface area contributed by atoms with E-state index in [0.29, 0.717) is 50.1 Å². The minimum atomic E-state index is -4.08. The molecule has 9 nitrogen and oxygen atoms in total. The van der Waals surface area contributed by atoms with Crippen LogP contribution in [0.2, 0.25) is 5.02 Å². The van der Waals surface area contributed by atoms with Crippen molar-refractivity contribution in [2.24, 2.45) is 0 Å². The molecule has 1 aliphatic carbocycles. The highest BCUT2D eigenvalue weighted by atomic mass is 35.5. The first-order valence-electron chi connectivity index (χ1n) is 15.6. The van der Waals surface area contributed by atoms with Crippen LogP contribution in [0.4, 0.5) is 13.6 Å². The summed E-state index contributed by atoms with van der Waals surface area (Å²) in [7, 11) is -4.08. The largest absolute Gasteiger partial charge is 0.492 e. The summed E-state index contributed by atoms with van der Waals surface area (Å²) in [5, 5.41) is 0.307. The zero-order valence-corrected chi connectivity index (χ0v) is 27.9. The molecule has 1 aliphatic heterocycles. The van der Waals surface area contributed by atoms with E-state index in [2.05, 4.69) is 0 Å². The van der Waals surface area contributed by atoms with Crippen molar-refractivity contribution in [2.75, 3.05) is 26.3 Å². The fourth-order valence-electron chi connectivity index (χ4n) is 5.43. The van der Waals surface area contributed by atoms with Crippen molar-refractivity contribution in [1.82, 2.24) is 9.21 Å². The summed E-state index contributed by atoms with van der Waals surface area (Å²) in [6.45, 7) is 8.27. The van der Waals surface area contributed by atoms with Gasteiger partial charge in [0, 0.05) is 43.1 Å². The molecule has 0 N–H and O–H groups in total. The van der Waals surface area contributed by atoms with Crippen LogP contribution in [0, 0.1) is 0 Å². The number of carbonyl (C=O) groups is 2. The Labute approximate surface area is 265 Å². The molecular weight excluding hydrogens is 618 g/mol. The highest BCUT2D eigenvalue weighted by Crippen LogP contribution is 2.36. The second-order valence-corrected chi connectivity index (χ2v) is 14.9. The van der Waals surface area contributed by atoms with Crippen LogP contribution in [-0.2, 0) is 24.3 Å². The number of unbranched alkanes of at least 4 members (excludes halogenated alkanes) is 3. The van der Waals surface area contributed by atoms with Gasteiger partial charge in [0.2, 0.25) is 15.9 Å². The molecule has 1 saturated carbocycles. The first kappa shape index (κ1) is 36.3. The van der Waals surface area contributed by atoms with E-state index in [4.69, 9.17) is 25.8 Å². The monoisotopic (exact) mass is 664 g/mol. The first-order chi connectivity index (χ1) is 20.6. The number of rotatable bonds is 14. The van der Waals surface area contributed by atoms with Gasteiger partial charge < -0.3 is 19.1 Å². The molecule has 44 heavy (non-hydrogen) atoms. The topological polar surface area (TPSA) is 102 Å². The quantitative estimate of drug-likeness (QED) is 0.153. The summed E-state index contributed by atoms with van der Waals surface area (Å²) < 4.78 is 72.8. The van der Waals surface area contributed by atoms with Gasteiger partial charge in [-0.1, -0.05) is 24.9 Å². The van der Waals surface area contributed by atoms with Crippen LogP contribution >= 0.6 is 11.6 Å². The van der Waals surface area contributed by atoms with Crippen molar-refractivity contribution >= 4 is 33.7 Å². The highest BCUT2D eigenvalue weighted by molar-refractivity contribution is 7.89. The third kappa shape index (κ3) is 10.4. The number of halogens is 3. The molecule has 1 saturated heterocycles. The Morgan fingerprint density at radius 1 is 1.07 bits per heavy atom. The molecule has 13 heteroatoms. The molecule has 0 bridgehead atoms. The zero-order chi connectivity index (χ0) is 32.5. The number of esters is 1. The van der Waals surface area contributed by atoms with Gasteiger partial charge in [-0.25, -0.2) is 22.0 Å². The van der Waals surface area contributed by atoms with E-state index in [0.717, 1.165) is 6.42 Å². The lowest BCUT2D eigenvalue weighted by Gasteiger charge is -2.37. The number of carbonyl (C=O) groups excluding carboxylic acids is 2. The lowest BCUT2D eigenvalue weighted by Crippen LogP contribution is -2.46. The SMILES string of the molecule is CCCCOC(=O)[C@@H]1CCCN1S(=O)(=O)c1ccc(Cl)cc1OCCCCCN(C(=O)OC(C)(C)C)C1CCC(F)(F)CC1. The first-order valence-corrected chi connectivity index (χ1v) is 17.4. The Hall–Kier alpha value is -2.18. The van der Waals surface area contributed by atoms with Gasteiger partial charge in [-0.15, -0.1) is 0 Å². The van der Waals surface area contributed by atoms with Crippen LogP contribution in [0.25, 0.3) is 0 Å². The van der Waals surface area contributed by atoms with E-state index in [-0.39, 0.29) is 62.1 Å². The number of hydrogen-bond donors (Lipinski definition) is 0. The van der Waals surface area contributed by atoms with E-state index in [9.17, 15) is 26.8 Å². The molecule has 3 rings (SSSR count). The summed E-state index contributed by atoms with van der Waals surface area (Å²) in [6, 6.07) is 3.11. The second-order valence-electron chi connectivity index (χ2n) is 12.6. The van der Waals surface area contributed by atoms with E-state index in [1.54, 1.807) is 25.7 Å². The molecule has 1 atom stereocenters. The molecule has 1 aromatic rings. The number of ether oxygens (including phenoxy) is 3. The number of nitrogens with zero attached hydrogens (tertiary/aromatic N) is 2. The van der Waals surface area contributed by atoms with Crippen molar-refractivity contribution in [3.8, 4) is 5.75 Å². The minimum Gasteiger partial charge on any atom is -0.492 e. The Morgan fingerprint density at radius 3 is 2.43 bits per heavy atom. The average Bonchev–Trinajstić information content (AvgIpc) is 3.43. The van der Waals surface area contributed by atoms with Crippen molar-refractivity contribution in [3.05, 3.63) is 23.2 Å². The molecule has 2 fully saturated rings. The lowest BCUT2D eigenvalue weighted by atomic mass is 9.91. The van der Waals surface area contributed by atoms with Gasteiger partial charge in [0.1, 0.15) is 22.3 Å². The molecule has 0 radical (unpaired) electrons. The molecular formula is C31H47ClF2N2O7S. The standard InChI is InChI=1S/C31H47ClF2N2O7S/c1-5-6-20-42-28(37)25-11-10-19-36(25)44(39,40)27-13-12-23(32)22-26(27)41-21-9-7-8-18-35(29(38)43-30(2,3)4)24-14-16-31(33,34)17-15-24/h12-13,22,24-25H,5-11,14-21H2,1-4H3/t25-/m0/s1. The van der Waals surface area contributed by atoms with Crippen LogP contribution < -0.4 is 4.74 Å². The van der Waals surface area contributed by atoms with Crippen LogP contribution in [0.1, 0.15) is 98.3 Å². The highest BCUT2D eigenvalue weighted by Gasteiger charge is 2.42. The molecule has 2 aliphatic rings. The molecule has 0 aromatic heterocycles. The van der Waals surface area contributed by atoms with Gasteiger partial charge in [0.25, 0.3) is 0 Å². The number of benzene rings is 1. The Bertz CT molecular complexity index is 1220. The maximum atomic E-state index is 13.8. The van der Waals surface area contributed by atoms with E-state index in [1.165, 1.54) is 22.5 Å². The molecule has 0 spiro atoms. The van der Waals surface area contributed by atoms with Crippen molar-refractivity contribution in [3.63, 3.8) is 0 Å². The smallest absolute Gasteiger partial charge is 0.410 e. The number of amides is 1. The second kappa shape index (κ2) is 15.9. The van der Waals surface area contributed by atoms with E-state index >= 15 is 0 Å². The third-order valence-corrected chi connectivity index (χ3v) is 9.95. The fourth-order valence-corrected chi connectivity index (χ4v) is 7.36. The van der Waals surface area contributed by atoms with Crippen molar-refractivity contribution in [2.45, 2.75) is 127 Å². The predicted molar refractivity (Wildman–Crippen MR) is 164 cm³/mol. The van der Waals surface area contributed by atoms with E-state index < -0.39 is 39.7 Å². The summed E-state index contributed by atoms with van der Waals surface area (Å²) in [5.74, 6) is -3.15. The van der Waals surface area contributed by atoms with Gasteiger partial charge in [-0.05, 0) is 84.3 Å². The molecule has 0 unspecified atom stereocenters. The molecule has 1 aromatic carbocycles. The van der Waals surface area contributed by atoms with Gasteiger partial charge >= 0.3 is 12.1 Å². The van der Waals surface area contributed by atoms with Crippen molar-refractivity contribution in [1.29, 1.82) is 0 Å². The minimum absolute atomic E-state index is 0.0691. The van der Waals surface area contributed by atoms with Crippen LogP contribution in [0.3, 0.4) is 0 Å². The van der Waals surface area contributed by atoms with Crippen LogP contribution in [-0.4, -0.2) is 79.6 Å². The van der Waals surface area contributed by atoms with Crippen LogP contribution in [0.5, 0.6) is 5.75 Å². The predicted octanol–water partition coefficient (Wildman–Crippen LogP) is 7.20. The summed E-state index contributed by atoms with van der Waals surface area (Å²) in [4.78, 5) is 27.1. The Balaban J connectivity index is 1.59. The summed E-state index contributed by atoms with van der Waals surface area (Å²) >= 11 is 6.18. The van der Waals surface area contributed by atoms with Crippen LogP contribution in [0.15, 0.2) is 23.1 Å². The number of alkyl halides is 2. The van der Waals surface area contributed by atoms with Gasteiger partial charge in [-0.3, -0.25) is 4.79 Å². The van der Waals surface area contributed by atoms with Gasteiger partial charge in [0.05, 0.1) is 13.2 Å². The number of sulfonamides is 1. The molecule has 1 heterocycles. The maximum Gasteiger partial charge on any atom is 0.410 e. The van der Waals surface area contributed by atoms with Gasteiger partial charge in [0.15, 0.2) is 0 Å². The maximum absolute atomic E-state index is 13.8.